The second-order valence-electron chi connectivity index (χ2n) is 7.41. The number of carbonyl (C=O) groups is 2. The SMILES string of the molecule is CNC(=O)C(=NCCC(F)(F)F)C(=CN)NC(=O)c1nc(C2CC2)ccc1Nc1cnc[nH+]c1. The zero-order valence-corrected chi connectivity index (χ0v) is 18.2. The quantitative estimate of drug-likeness (QED) is 0.403. The fourth-order valence-electron chi connectivity index (χ4n) is 2.96. The van der Waals surface area contributed by atoms with Crippen molar-refractivity contribution in [2.75, 3.05) is 18.9 Å². The van der Waals surface area contributed by atoms with Crippen molar-refractivity contribution in [3.05, 3.63) is 54.1 Å². The largest absolute Gasteiger partial charge is 0.403 e. The Hall–Kier alpha value is -4.03. The van der Waals surface area contributed by atoms with Gasteiger partial charge < -0.3 is 21.7 Å². The molecule has 0 atom stereocenters. The zero-order chi connectivity index (χ0) is 24.7. The highest BCUT2D eigenvalue weighted by molar-refractivity contribution is 6.45. The van der Waals surface area contributed by atoms with Crippen molar-refractivity contribution in [3.8, 4) is 0 Å². The average molecular weight is 477 g/mol. The summed E-state index contributed by atoms with van der Waals surface area (Å²) in [4.78, 5) is 40.4. The summed E-state index contributed by atoms with van der Waals surface area (Å²) in [5.41, 5.74) is 6.58. The Morgan fingerprint density at radius 2 is 2.09 bits per heavy atom. The van der Waals surface area contributed by atoms with Gasteiger partial charge in [-0.3, -0.25) is 14.6 Å². The molecular weight excluding hydrogens is 453 g/mol. The number of hydrogen-bond acceptors (Lipinski definition) is 7. The molecule has 0 bridgehead atoms. The molecule has 0 aromatic carbocycles. The first-order valence-electron chi connectivity index (χ1n) is 10.4. The van der Waals surface area contributed by atoms with E-state index in [1.807, 2.05) is 6.07 Å². The van der Waals surface area contributed by atoms with Crippen molar-refractivity contribution in [1.29, 1.82) is 0 Å². The smallest absolute Gasteiger partial charge is 0.390 e. The van der Waals surface area contributed by atoms with Crippen LogP contribution >= 0.6 is 0 Å². The summed E-state index contributed by atoms with van der Waals surface area (Å²) in [6, 6.07) is 3.51. The van der Waals surface area contributed by atoms with E-state index >= 15 is 0 Å². The first-order chi connectivity index (χ1) is 16.2. The zero-order valence-electron chi connectivity index (χ0n) is 18.2. The first-order valence-corrected chi connectivity index (χ1v) is 10.4. The van der Waals surface area contributed by atoms with Crippen molar-refractivity contribution in [1.82, 2.24) is 20.6 Å². The Bertz CT molecular complexity index is 1100. The molecule has 2 amide bonds. The van der Waals surface area contributed by atoms with E-state index < -0.39 is 36.7 Å². The molecule has 1 aliphatic rings. The molecule has 2 aromatic heterocycles. The van der Waals surface area contributed by atoms with Crippen LogP contribution < -0.4 is 26.7 Å². The monoisotopic (exact) mass is 477 g/mol. The van der Waals surface area contributed by atoms with E-state index in [1.165, 1.54) is 19.6 Å². The van der Waals surface area contributed by atoms with Crippen molar-refractivity contribution >= 4 is 28.9 Å². The molecule has 0 radical (unpaired) electrons. The summed E-state index contributed by atoms with van der Waals surface area (Å²) in [6.45, 7) is -0.709. The molecule has 3 rings (SSSR count). The van der Waals surface area contributed by atoms with Crippen LogP contribution in [0.15, 0.2) is 47.7 Å². The second-order valence-corrected chi connectivity index (χ2v) is 7.41. The lowest BCUT2D eigenvalue weighted by Gasteiger charge is -2.15. The van der Waals surface area contributed by atoms with Crippen LogP contribution in [0.4, 0.5) is 24.5 Å². The third-order valence-corrected chi connectivity index (χ3v) is 4.79. The van der Waals surface area contributed by atoms with Crippen molar-refractivity contribution < 1.29 is 27.7 Å². The summed E-state index contributed by atoms with van der Waals surface area (Å²) in [7, 11) is 1.28. The van der Waals surface area contributed by atoms with Gasteiger partial charge in [0.25, 0.3) is 18.1 Å². The summed E-state index contributed by atoms with van der Waals surface area (Å²) < 4.78 is 37.6. The Labute approximate surface area is 193 Å². The molecular formula is C21H24F3N8O2+. The van der Waals surface area contributed by atoms with E-state index in [-0.39, 0.29) is 17.3 Å². The third-order valence-electron chi connectivity index (χ3n) is 4.79. The van der Waals surface area contributed by atoms with E-state index in [9.17, 15) is 22.8 Å². The molecule has 10 nitrogen and oxygen atoms in total. The molecule has 0 unspecified atom stereocenters. The Morgan fingerprint density at radius 3 is 2.68 bits per heavy atom. The van der Waals surface area contributed by atoms with Gasteiger partial charge in [0.1, 0.15) is 17.6 Å². The lowest BCUT2D eigenvalue weighted by atomic mass is 10.2. The Balaban J connectivity index is 1.88. The number of rotatable bonds is 9. The van der Waals surface area contributed by atoms with Gasteiger partial charge in [-0.1, -0.05) is 4.98 Å². The molecule has 0 spiro atoms. The van der Waals surface area contributed by atoms with Gasteiger partial charge in [-0.15, -0.1) is 0 Å². The normalized spacial score (nSPS) is 14.5. The Morgan fingerprint density at radius 1 is 1.32 bits per heavy atom. The fourth-order valence-corrected chi connectivity index (χ4v) is 2.96. The summed E-state index contributed by atoms with van der Waals surface area (Å²) >= 11 is 0. The number of nitrogens with two attached hydrogens (primary N) is 1. The molecule has 180 valence electrons. The maximum atomic E-state index is 13.2. The highest BCUT2D eigenvalue weighted by Crippen LogP contribution is 2.39. The molecule has 1 saturated carbocycles. The minimum absolute atomic E-state index is 0.0131. The fraction of sp³-hybridized carbons (Fsp3) is 0.333. The van der Waals surface area contributed by atoms with Crippen molar-refractivity contribution in [2.45, 2.75) is 31.4 Å². The van der Waals surface area contributed by atoms with Gasteiger partial charge in [0.2, 0.25) is 0 Å². The maximum Gasteiger partial charge on any atom is 0.390 e. The van der Waals surface area contributed by atoms with E-state index in [4.69, 9.17) is 5.73 Å². The lowest BCUT2D eigenvalue weighted by molar-refractivity contribution is -0.381. The van der Waals surface area contributed by atoms with Crippen LogP contribution in [0.1, 0.15) is 41.4 Å². The van der Waals surface area contributed by atoms with Crippen LogP contribution in [0, 0.1) is 0 Å². The topological polar surface area (TPSA) is 149 Å². The molecule has 1 aliphatic carbocycles. The van der Waals surface area contributed by atoms with Gasteiger partial charge in [0.15, 0.2) is 11.9 Å². The lowest BCUT2D eigenvalue weighted by Crippen LogP contribution is -2.37. The number of hydrogen-bond donors (Lipinski definition) is 4. The average Bonchev–Trinajstić information content (AvgIpc) is 3.66. The molecule has 2 aromatic rings. The number of nitrogens with one attached hydrogen (secondary N) is 4. The Kier molecular flexibility index (Phi) is 7.76. The number of anilines is 2. The van der Waals surface area contributed by atoms with Crippen molar-refractivity contribution in [2.24, 2.45) is 10.7 Å². The number of aliphatic imine (C=N–C) groups is 1. The van der Waals surface area contributed by atoms with Gasteiger partial charge in [-0.25, -0.2) is 9.97 Å². The number of amides is 2. The summed E-state index contributed by atoms with van der Waals surface area (Å²) in [6.07, 6.45) is 1.77. The standard InChI is InChI=1S/C21H23F3N8O2/c1-26-19(33)17(29-7-6-21(22,23)24)16(8-25)32-20(34)18-15(30-13-9-27-11-28-10-13)5-4-14(31-18)12-2-3-12/h4-5,8-12,30H,2-3,6-7,25H2,1H3,(H,26,33)(H,32,34)/p+1. The molecule has 0 saturated heterocycles. The second kappa shape index (κ2) is 10.7. The number of halogens is 3. The predicted octanol–water partition coefficient (Wildman–Crippen LogP) is 1.58. The molecule has 13 heteroatoms. The van der Waals surface area contributed by atoms with Crippen LogP contribution in [-0.2, 0) is 4.79 Å². The van der Waals surface area contributed by atoms with Gasteiger partial charge in [-0.05, 0) is 25.0 Å². The number of pyridine rings is 1. The molecule has 34 heavy (non-hydrogen) atoms. The van der Waals surface area contributed by atoms with E-state index in [0.717, 1.165) is 24.7 Å². The van der Waals surface area contributed by atoms with Crippen LogP contribution in [0.25, 0.3) is 0 Å². The maximum absolute atomic E-state index is 13.2. The van der Waals surface area contributed by atoms with E-state index in [1.54, 1.807) is 12.3 Å². The minimum Gasteiger partial charge on any atom is -0.403 e. The number of carbonyl (C=O) groups excluding carboxylic acids is 2. The van der Waals surface area contributed by atoms with Crippen molar-refractivity contribution in [3.63, 3.8) is 0 Å². The predicted molar refractivity (Wildman–Crippen MR) is 117 cm³/mol. The minimum atomic E-state index is -4.45. The molecule has 2 heterocycles. The van der Waals surface area contributed by atoms with Crippen LogP contribution in [0.2, 0.25) is 0 Å². The highest BCUT2D eigenvalue weighted by Gasteiger charge is 2.29. The number of aromatic amines is 1. The van der Waals surface area contributed by atoms with Gasteiger partial charge in [-0.2, -0.15) is 13.2 Å². The van der Waals surface area contributed by atoms with Crippen LogP contribution in [0.5, 0.6) is 0 Å². The highest BCUT2D eigenvalue weighted by atomic mass is 19.4. The number of alkyl halides is 3. The first kappa shape index (κ1) is 24.6. The van der Waals surface area contributed by atoms with Crippen LogP contribution in [-0.4, -0.2) is 47.3 Å². The van der Waals surface area contributed by atoms with E-state index in [2.05, 4.69) is 35.9 Å². The van der Waals surface area contributed by atoms with Gasteiger partial charge in [0, 0.05) is 31.4 Å². The third kappa shape index (κ3) is 6.73. The molecule has 0 aliphatic heterocycles. The number of aromatic nitrogens is 3. The molecule has 1 fully saturated rings. The number of nitrogens with zero attached hydrogens (tertiary/aromatic N) is 3. The summed E-state index contributed by atoms with van der Waals surface area (Å²) in [5, 5.41) is 7.78. The number of H-pyrrole nitrogens is 1. The molecule has 6 N–H and O–H groups in total. The summed E-state index contributed by atoms with van der Waals surface area (Å²) in [5.74, 6) is -1.27. The van der Waals surface area contributed by atoms with Gasteiger partial charge in [0.05, 0.1) is 17.8 Å². The van der Waals surface area contributed by atoms with Gasteiger partial charge >= 0.3 is 6.18 Å². The van der Waals surface area contributed by atoms with Crippen LogP contribution in [0.3, 0.4) is 0 Å². The van der Waals surface area contributed by atoms with E-state index in [0.29, 0.717) is 11.4 Å².